The number of rotatable bonds is 7. The molecule has 2 rings (SSSR count). The number of carbonyl (C=O) groups is 1. The smallest absolute Gasteiger partial charge is 0.221 e. The Bertz CT molecular complexity index is 627. The van der Waals surface area contributed by atoms with Gasteiger partial charge in [-0.2, -0.15) is 0 Å². The summed E-state index contributed by atoms with van der Waals surface area (Å²) in [4.78, 5) is 11.9. The minimum atomic E-state index is 0.0877. The van der Waals surface area contributed by atoms with Crippen molar-refractivity contribution in [3.8, 4) is 0 Å². The molecule has 2 aromatic carbocycles. The molecule has 0 aliphatic heterocycles. The summed E-state index contributed by atoms with van der Waals surface area (Å²) in [6.45, 7) is 7.94. The van der Waals surface area contributed by atoms with Gasteiger partial charge in [0.05, 0.1) is 0 Å². The minimum absolute atomic E-state index is 0.0877. The van der Waals surface area contributed by atoms with E-state index in [1.54, 1.807) is 0 Å². The molecule has 0 aromatic heterocycles. The average molecular weight is 324 g/mol. The molecule has 0 saturated heterocycles. The molecule has 0 bridgehead atoms. The van der Waals surface area contributed by atoms with Crippen LogP contribution in [0.5, 0.6) is 0 Å². The Morgan fingerprint density at radius 2 is 1.58 bits per heavy atom. The highest BCUT2D eigenvalue weighted by Crippen LogP contribution is 2.23. The lowest BCUT2D eigenvalue weighted by atomic mass is 9.87. The maximum atomic E-state index is 11.9. The Labute approximate surface area is 145 Å². The second-order valence-corrected chi connectivity index (χ2v) is 7.09. The van der Waals surface area contributed by atoms with Crippen molar-refractivity contribution in [2.45, 2.75) is 39.0 Å². The molecule has 0 saturated carbocycles. The third kappa shape index (κ3) is 6.07. The minimum Gasteiger partial charge on any atom is -0.385 e. The normalized spacial score (nSPS) is 11.1. The second-order valence-electron chi connectivity index (χ2n) is 7.09. The van der Waals surface area contributed by atoms with Crippen LogP contribution in [0.1, 0.15) is 38.3 Å². The van der Waals surface area contributed by atoms with Gasteiger partial charge in [-0.15, -0.1) is 0 Å². The molecule has 0 heterocycles. The van der Waals surface area contributed by atoms with Crippen LogP contribution in [0.25, 0.3) is 0 Å². The van der Waals surface area contributed by atoms with Gasteiger partial charge in [0.15, 0.2) is 0 Å². The predicted molar refractivity (Wildman–Crippen MR) is 101 cm³/mol. The molecule has 0 atom stereocenters. The zero-order chi connectivity index (χ0) is 17.4. The van der Waals surface area contributed by atoms with E-state index in [1.165, 1.54) is 11.1 Å². The lowest BCUT2D eigenvalue weighted by Gasteiger charge is -2.19. The van der Waals surface area contributed by atoms with Crippen LogP contribution >= 0.6 is 0 Å². The van der Waals surface area contributed by atoms with E-state index in [1.807, 2.05) is 18.2 Å². The van der Waals surface area contributed by atoms with Crippen LogP contribution in [-0.2, 0) is 16.6 Å². The van der Waals surface area contributed by atoms with Gasteiger partial charge in [0.25, 0.3) is 0 Å². The standard InChI is InChI=1S/C21H28N2O/c1-21(2,3)18-9-11-19(12-10-18)22-16-14-20(24)23-15-13-17-7-5-4-6-8-17/h4-12,22H,13-16H2,1-3H3,(H,23,24). The van der Waals surface area contributed by atoms with Gasteiger partial charge in [-0.05, 0) is 35.1 Å². The van der Waals surface area contributed by atoms with Crippen molar-refractivity contribution in [1.82, 2.24) is 5.32 Å². The van der Waals surface area contributed by atoms with E-state index in [0.29, 0.717) is 19.5 Å². The molecular weight excluding hydrogens is 296 g/mol. The Kier molecular flexibility index (Phi) is 6.42. The van der Waals surface area contributed by atoms with Crippen LogP contribution in [0, 0.1) is 0 Å². The van der Waals surface area contributed by atoms with Crippen LogP contribution in [0.2, 0.25) is 0 Å². The Morgan fingerprint density at radius 3 is 2.21 bits per heavy atom. The van der Waals surface area contributed by atoms with Crippen molar-refractivity contribution in [3.63, 3.8) is 0 Å². The first-order chi connectivity index (χ1) is 11.4. The Balaban J connectivity index is 1.65. The number of nitrogens with one attached hydrogen (secondary N) is 2. The number of benzene rings is 2. The molecule has 0 radical (unpaired) electrons. The lowest BCUT2D eigenvalue weighted by molar-refractivity contribution is -0.120. The monoisotopic (exact) mass is 324 g/mol. The fourth-order valence-corrected chi connectivity index (χ4v) is 2.49. The van der Waals surface area contributed by atoms with E-state index in [0.717, 1.165) is 12.1 Å². The van der Waals surface area contributed by atoms with Crippen LogP contribution in [0.4, 0.5) is 5.69 Å². The van der Waals surface area contributed by atoms with Crippen molar-refractivity contribution < 1.29 is 4.79 Å². The first-order valence-corrected chi connectivity index (χ1v) is 8.60. The zero-order valence-corrected chi connectivity index (χ0v) is 14.9. The fourth-order valence-electron chi connectivity index (χ4n) is 2.49. The molecule has 3 nitrogen and oxygen atoms in total. The highest BCUT2D eigenvalue weighted by molar-refractivity contribution is 5.76. The third-order valence-corrected chi connectivity index (χ3v) is 4.01. The summed E-state index contributed by atoms with van der Waals surface area (Å²) < 4.78 is 0. The van der Waals surface area contributed by atoms with E-state index in [4.69, 9.17) is 0 Å². The van der Waals surface area contributed by atoms with Crippen molar-refractivity contribution in [2.75, 3.05) is 18.4 Å². The van der Waals surface area contributed by atoms with Crippen LogP contribution in [0.15, 0.2) is 54.6 Å². The largest absolute Gasteiger partial charge is 0.385 e. The van der Waals surface area contributed by atoms with E-state index in [2.05, 4.69) is 67.8 Å². The molecule has 3 heteroatoms. The fraction of sp³-hybridized carbons (Fsp3) is 0.381. The topological polar surface area (TPSA) is 41.1 Å². The van der Waals surface area contributed by atoms with E-state index in [-0.39, 0.29) is 11.3 Å². The van der Waals surface area contributed by atoms with Gasteiger partial charge in [0.1, 0.15) is 0 Å². The number of anilines is 1. The van der Waals surface area contributed by atoms with Gasteiger partial charge in [0, 0.05) is 25.2 Å². The number of carbonyl (C=O) groups excluding carboxylic acids is 1. The summed E-state index contributed by atoms with van der Waals surface area (Å²) in [6, 6.07) is 18.6. The molecule has 2 N–H and O–H groups in total. The number of hydrogen-bond acceptors (Lipinski definition) is 2. The molecule has 1 amide bonds. The maximum absolute atomic E-state index is 11.9. The molecule has 0 aliphatic carbocycles. The number of hydrogen-bond donors (Lipinski definition) is 2. The SMILES string of the molecule is CC(C)(C)c1ccc(NCCC(=O)NCCc2ccccc2)cc1. The predicted octanol–water partition coefficient (Wildman–Crippen LogP) is 4.15. The van der Waals surface area contributed by atoms with Crippen molar-refractivity contribution in [3.05, 3.63) is 65.7 Å². The molecule has 2 aromatic rings. The van der Waals surface area contributed by atoms with Crippen molar-refractivity contribution in [2.24, 2.45) is 0 Å². The molecular formula is C21H28N2O. The van der Waals surface area contributed by atoms with E-state index in [9.17, 15) is 4.79 Å². The molecule has 24 heavy (non-hydrogen) atoms. The first-order valence-electron chi connectivity index (χ1n) is 8.60. The maximum Gasteiger partial charge on any atom is 0.221 e. The molecule has 128 valence electrons. The summed E-state index contributed by atoms with van der Waals surface area (Å²) in [5.74, 6) is 0.0877. The Hall–Kier alpha value is -2.29. The molecule has 0 unspecified atom stereocenters. The van der Waals surface area contributed by atoms with Crippen LogP contribution in [-0.4, -0.2) is 19.0 Å². The zero-order valence-electron chi connectivity index (χ0n) is 14.9. The highest BCUT2D eigenvalue weighted by atomic mass is 16.1. The van der Waals surface area contributed by atoms with Crippen LogP contribution < -0.4 is 10.6 Å². The summed E-state index contributed by atoms with van der Waals surface area (Å²) >= 11 is 0. The lowest BCUT2D eigenvalue weighted by Crippen LogP contribution is -2.27. The first kappa shape index (κ1) is 18.1. The van der Waals surface area contributed by atoms with Crippen molar-refractivity contribution >= 4 is 11.6 Å². The molecule has 0 fully saturated rings. The van der Waals surface area contributed by atoms with Gasteiger partial charge in [-0.25, -0.2) is 0 Å². The molecule has 0 aliphatic rings. The van der Waals surface area contributed by atoms with Gasteiger partial charge < -0.3 is 10.6 Å². The number of amides is 1. The molecule has 0 spiro atoms. The van der Waals surface area contributed by atoms with Crippen LogP contribution in [0.3, 0.4) is 0 Å². The summed E-state index contributed by atoms with van der Waals surface area (Å²) in [5, 5.41) is 6.27. The van der Waals surface area contributed by atoms with E-state index < -0.39 is 0 Å². The quantitative estimate of drug-likeness (QED) is 0.803. The second kappa shape index (κ2) is 8.53. The van der Waals surface area contributed by atoms with Gasteiger partial charge in [-0.3, -0.25) is 4.79 Å². The average Bonchev–Trinajstić information content (AvgIpc) is 2.55. The summed E-state index contributed by atoms with van der Waals surface area (Å²) in [7, 11) is 0. The highest BCUT2D eigenvalue weighted by Gasteiger charge is 2.12. The van der Waals surface area contributed by atoms with Crippen molar-refractivity contribution in [1.29, 1.82) is 0 Å². The van der Waals surface area contributed by atoms with Gasteiger partial charge in [0.2, 0.25) is 5.91 Å². The summed E-state index contributed by atoms with van der Waals surface area (Å²) in [5.41, 5.74) is 3.78. The van der Waals surface area contributed by atoms with Gasteiger partial charge >= 0.3 is 0 Å². The van der Waals surface area contributed by atoms with E-state index >= 15 is 0 Å². The third-order valence-electron chi connectivity index (χ3n) is 4.01. The van der Waals surface area contributed by atoms with Gasteiger partial charge in [-0.1, -0.05) is 63.2 Å². The summed E-state index contributed by atoms with van der Waals surface area (Å²) in [6.07, 6.45) is 1.35. The Morgan fingerprint density at radius 1 is 0.917 bits per heavy atom.